The zero-order valence-corrected chi connectivity index (χ0v) is 17.7. The van der Waals surface area contributed by atoms with Crippen molar-refractivity contribution in [1.29, 1.82) is 0 Å². The fourth-order valence-electron chi connectivity index (χ4n) is 3.09. The van der Waals surface area contributed by atoms with Gasteiger partial charge in [0, 0.05) is 22.2 Å². The van der Waals surface area contributed by atoms with Crippen LogP contribution in [0.3, 0.4) is 0 Å². The standard InChI is InChI=1S/C24H17ClN2O5/c1-15-12-18(6-11-22(15)27(29)30)23-26-21(24(28)32-23)13-16-4-9-20(10-5-16)31-14-17-2-7-19(25)8-3-17/h2-13H,14H2,1H3/b21-13-. The molecule has 1 aliphatic heterocycles. The minimum Gasteiger partial charge on any atom is -0.489 e. The quantitative estimate of drug-likeness (QED) is 0.215. The van der Waals surface area contributed by atoms with Crippen LogP contribution < -0.4 is 4.74 Å². The topological polar surface area (TPSA) is 91.0 Å². The van der Waals surface area contributed by atoms with Gasteiger partial charge in [0.2, 0.25) is 5.90 Å². The molecule has 0 spiro atoms. The number of rotatable bonds is 6. The second-order valence-electron chi connectivity index (χ2n) is 7.08. The number of aliphatic imine (C=N–C) groups is 1. The molecule has 0 saturated heterocycles. The van der Waals surface area contributed by atoms with Gasteiger partial charge in [-0.15, -0.1) is 0 Å². The Morgan fingerprint density at radius 2 is 1.81 bits per heavy atom. The highest BCUT2D eigenvalue weighted by molar-refractivity contribution is 6.30. The summed E-state index contributed by atoms with van der Waals surface area (Å²) >= 11 is 5.88. The Kier molecular flexibility index (Phi) is 6.00. The fourth-order valence-corrected chi connectivity index (χ4v) is 3.22. The van der Waals surface area contributed by atoms with Gasteiger partial charge >= 0.3 is 5.97 Å². The van der Waals surface area contributed by atoms with E-state index < -0.39 is 10.9 Å². The maximum absolute atomic E-state index is 12.2. The number of nitro benzene ring substituents is 1. The summed E-state index contributed by atoms with van der Waals surface area (Å²) in [5.41, 5.74) is 2.84. The Balaban J connectivity index is 1.46. The third kappa shape index (κ3) is 4.84. The molecule has 3 aromatic carbocycles. The van der Waals surface area contributed by atoms with E-state index in [1.54, 1.807) is 43.3 Å². The third-order valence-electron chi connectivity index (χ3n) is 4.76. The van der Waals surface area contributed by atoms with Gasteiger partial charge in [-0.25, -0.2) is 9.79 Å². The smallest absolute Gasteiger partial charge is 0.363 e. The lowest BCUT2D eigenvalue weighted by Crippen LogP contribution is -2.06. The van der Waals surface area contributed by atoms with Gasteiger partial charge in [-0.2, -0.15) is 0 Å². The number of nitrogens with zero attached hydrogens (tertiary/aromatic N) is 2. The van der Waals surface area contributed by atoms with E-state index in [9.17, 15) is 14.9 Å². The van der Waals surface area contributed by atoms with E-state index in [1.807, 2.05) is 24.3 Å². The average Bonchev–Trinajstić information content (AvgIpc) is 3.14. The molecule has 0 aromatic heterocycles. The van der Waals surface area contributed by atoms with E-state index in [4.69, 9.17) is 21.1 Å². The van der Waals surface area contributed by atoms with Gasteiger partial charge in [0.25, 0.3) is 5.69 Å². The molecule has 0 N–H and O–H groups in total. The van der Waals surface area contributed by atoms with Crippen molar-refractivity contribution in [2.45, 2.75) is 13.5 Å². The van der Waals surface area contributed by atoms with Gasteiger partial charge in [0.1, 0.15) is 12.4 Å². The summed E-state index contributed by atoms with van der Waals surface area (Å²) in [5.74, 6) is 0.211. The van der Waals surface area contributed by atoms with Crippen molar-refractivity contribution in [1.82, 2.24) is 0 Å². The highest BCUT2D eigenvalue weighted by Gasteiger charge is 2.25. The fraction of sp³-hybridized carbons (Fsp3) is 0.0833. The van der Waals surface area contributed by atoms with Crippen molar-refractivity contribution in [3.63, 3.8) is 0 Å². The summed E-state index contributed by atoms with van der Waals surface area (Å²) in [7, 11) is 0. The lowest BCUT2D eigenvalue weighted by Gasteiger charge is -2.06. The molecule has 0 bridgehead atoms. The normalized spacial score (nSPS) is 14.2. The molecule has 0 radical (unpaired) electrons. The largest absolute Gasteiger partial charge is 0.489 e. The number of hydrogen-bond donors (Lipinski definition) is 0. The average molecular weight is 449 g/mol. The molecule has 0 fully saturated rings. The van der Waals surface area contributed by atoms with Crippen LogP contribution in [0, 0.1) is 17.0 Å². The van der Waals surface area contributed by atoms with Crippen molar-refractivity contribution in [2.75, 3.05) is 0 Å². The monoisotopic (exact) mass is 448 g/mol. The Morgan fingerprint density at radius 1 is 1.09 bits per heavy atom. The molecule has 1 aliphatic rings. The third-order valence-corrected chi connectivity index (χ3v) is 5.02. The van der Waals surface area contributed by atoms with Crippen molar-refractivity contribution in [2.24, 2.45) is 4.99 Å². The van der Waals surface area contributed by atoms with Crippen LogP contribution in [0.2, 0.25) is 5.02 Å². The Morgan fingerprint density at radius 3 is 2.47 bits per heavy atom. The van der Waals surface area contributed by atoms with E-state index in [0.717, 1.165) is 11.1 Å². The number of cyclic esters (lactones) is 1. The minimum absolute atomic E-state index is 0.00666. The first-order valence-electron chi connectivity index (χ1n) is 9.64. The van der Waals surface area contributed by atoms with Crippen LogP contribution in [0.5, 0.6) is 5.75 Å². The van der Waals surface area contributed by atoms with Crippen molar-refractivity contribution in [3.05, 3.63) is 110 Å². The molecule has 0 saturated carbocycles. The molecule has 3 aromatic rings. The van der Waals surface area contributed by atoms with Gasteiger partial charge in [-0.1, -0.05) is 35.9 Å². The number of esters is 1. The van der Waals surface area contributed by atoms with Crippen molar-refractivity contribution < 1.29 is 19.2 Å². The van der Waals surface area contributed by atoms with Gasteiger partial charge in [-0.05, 0) is 60.5 Å². The van der Waals surface area contributed by atoms with E-state index >= 15 is 0 Å². The van der Waals surface area contributed by atoms with Crippen LogP contribution in [0.4, 0.5) is 5.69 Å². The second-order valence-corrected chi connectivity index (χ2v) is 7.52. The molecule has 0 atom stereocenters. The molecule has 0 amide bonds. The maximum Gasteiger partial charge on any atom is 0.363 e. The molecular formula is C24H17ClN2O5. The lowest BCUT2D eigenvalue weighted by molar-refractivity contribution is -0.385. The zero-order chi connectivity index (χ0) is 22.7. The van der Waals surface area contributed by atoms with Gasteiger partial charge in [0.05, 0.1) is 4.92 Å². The Bertz CT molecular complexity index is 1250. The lowest BCUT2D eigenvalue weighted by atomic mass is 10.1. The first kappa shape index (κ1) is 21.3. The van der Waals surface area contributed by atoms with Gasteiger partial charge < -0.3 is 9.47 Å². The van der Waals surface area contributed by atoms with Crippen LogP contribution in [-0.2, 0) is 16.1 Å². The van der Waals surface area contributed by atoms with Crippen LogP contribution in [0.1, 0.15) is 22.3 Å². The second kappa shape index (κ2) is 9.03. The maximum atomic E-state index is 12.2. The molecular weight excluding hydrogens is 432 g/mol. The summed E-state index contributed by atoms with van der Waals surface area (Å²) in [6.07, 6.45) is 1.61. The zero-order valence-electron chi connectivity index (χ0n) is 16.9. The van der Waals surface area contributed by atoms with Crippen LogP contribution >= 0.6 is 11.6 Å². The predicted octanol–water partition coefficient (Wildman–Crippen LogP) is 5.48. The van der Waals surface area contributed by atoms with Gasteiger partial charge in [0.15, 0.2) is 5.70 Å². The van der Waals surface area contributed by atoms with Crippen LogP contribution in [0.15, 0.2) is 77.4 Å². The van der Waals surface area contributed by atoms with Crippen molar-refractivity contribution in [3.8, 4) is 5.75 Å². The first-order valence-corrected chi connectivity index (χ1v) is 10.0. The number of carbonyl (C=O) groups is 1. The Labute approximate surface area is 188 Å². The number of ether oxygens (including phenoxy) is 2. The first-order chi connectivity index (χ1) is 15.4. The molecule has 7 nitrogen and oxygen atoms in total. The molecule has 1 heterocycles. The highest BCUT2D eigenvalue weighted by Crippen LogP contribution is 2.24. The molecule has 0 unspecified atom stereocenters. The van der Waals surface area contributed by atoms with Crippen LogP contribution in [0.25, 0.3) is 6.08 Å². The number of benzene rings is 3. The number of halogens is 1. The Hall–Kier alpha value is -3.97. The SMILES string of the molecule is Cc1cc(C2=N/C(=C\c3ccc(OCc4ccc(Cl)cc4)cc3)C(=O)O2)ccc1[N+](=O)[O-]. The molecule has 0 aliphatic carbocycles. The summed E-state index contributed by atoms with van der Waals surface area (Å²) in [6, 6.07) is 19.1. The number of nitro groups is 1. The highest BCUT2D eigenvalue weighted by atomic mass is 35.5. The van der Waals surface area contributed by atoms with Crippen molar-refractivity contribution >= 4 is 35.2 Å². The summed E-state index contributed by atoms with van der Waals surface area (Å²) in [5, 5.41) is 11.7. The van der Waals surface area contributed by atoms with E-state index in [2.05, 4.69) is 4.99 Å². The molecule has 32 heavy (non-hydrogen) atoms. The summed E-state index contributed by atoms with van der Waals surface area (Å²) in [4.78, 5) is 27.0. The van der Waals surface area contributed by atoms with Crippen LogP contribution in [-0.4, -0.2) is 16.8 Å². The number of hydrogen-bond acceptors (Lipinski definition) is 6. The van der Waals surface area contributed by atoms with E-state index in [0.29, 0.717) is 28.5 Å². The van der Waals surface area contributed by atoms with E-state index in [-0.39, 0.29) is 17.3 Å². The van der Waals surface area contributed by atoms with E-state index in [1.165, 1.54) is 12.1 Å². The molecule has 4 rings (SSSR count). The minimum atomic E-state index is -0.584. The molecule has 8 heteroatoms. The predicted molar refractivity (Wildman–Crippen MR) is 121 cm³/mol. The summed E-state index contributed by atoms with van der Waals surface area (Å²) in [6.45, 7) is 2.03. The van der Waals surface area contributed by atoms with Gasteiger partial charge in [-0.3, -0.25) is 10.1 Å². The number of carbonyl (C=O) groups excluding carboxylic acids is 1. The number of aryl methyl sites for hydroxylation is 1. The molecule has 160 valence electrons. The summed E-state index contributed by atoms with van der Waals surface area (Å²) < 4.78 is 11.0.